The standard InChI is InChI=1S/C31H36N2Si/c34-22-21-31(32(23-27-13-5-1-6-14-27)24-28-15-7-2-8-16-28)33(25-29-17-9-3-10-18-29)26-30-19-11-4-12-20-30/h1-20,31H,21-26H2,34H3. The average molecular weight is 465 g/mol. The van der Waals surface area contributed by atoms with Crippen LogP contribution >= 0.6 is 0 Å². The van der Waals surface area contributed by atoms with E-state index in [-0.39, 0.29) is 0 Å². The van der Waals surface area contributed by atoms with Crippen molar-refractivity contribution in [2.75, 3.05) is 0 Å². The van der Waals surface area contributed by atoms with Gasteiger partial charge in [0.25, 0.3) is 0 Å². The van der Waals surface area contributed by atoms with E-state index in [9.17, 15) is 0 Å². The van der Waals surface area contributed by atoms with Gasteiger partial charge in [0.15, 0.2) is 0 Å². The molecule has 0 unspecified atom stereocenters. The predicted octanol–water partition coefficient (Wildman–Crippen LogP) is 5.89. The molecule has 0 aromatic heterocycles. The van der Waals surface area contributed by atoms with E-state index in [0.29, 0.717) is 6.17 Å². The predicted molar refractivity (Wildman–Crippen MR) is 147 cm³/mol. The van der Waals surface area contributed by atoms with Gasteiger partial charge in [0, 0.05) is 36.4 Å². The van der Waals surface area contributed by atoms with Crippen LogP contribution in [0.25, 0.3) is 0 Å². The van der Waals surface area contributed by atoms with Crippen LogP contribution in [-0.4, -0.2) is 26.2 Å². The summed E-state index contributed by atoms with van der Waals surface area (Å²) in [6, 6.07) is 45.0. The van der Waals surface area contributed by atoms with Crippen molar-refractivity contribution in [1.82, 2.24) is 9.80 Å². The van der Waals surface area contributed by atoms with E-state index in [4.69, 9.17) is 0 Å². The summed E-state index contributed by atoms with van der Waals surface area (Å²) in [6.07, 6.45) is 1.55. The maximum absolute atomic E-state index is 2.69. The Bertz CT molecular complexity index is 901. The first-order valence-electron chi connectivity index (χ1n) is 12.5. The number of nitrogens with zero attached hydrogens (tertiary/aromatic N) is 2. The van der Waals surface area contributed by atoms with Crippen molar-refractivity contribution in [1.29, 1.82) is 0 Å². The van der Waals surface area contributed by atoms with Crippen LogP contribution in [0.15, 0.2) is 121 Å². The van der Waals surface area contributed by atoms with Crippen LogP contribution in [0.4, 0.5) is 0 Å². The quantitative estimate of drug-likeness (QED) is 0.190. The third kappa shape index (κ3) is 7.26. The maximum atomic E-state index is 2.69. The van der Waals surface area contributed by atoms with Crippen molar-refractivity contribution in [3.63, 3.8) is 0 Å². The van der Waals surface area contributed by atoms with Crippen molar-refractivity contribution in [3.8, 4) is 0 Å². The number of hydrogen-bond donors (Lipinski definition) is 0. The van der Waals surface area contributed by atoms with E-state index in [0.717, 1.165) is 26.2 Å². The molecule has 0 N–H and O–H groups in total. The first kappa shape index (κ1) is 24.2. The zero-order chi connectivity index (χ0) is 23.4. The van der Waals surface area contributed by atoms with Crippen molar-refractivity contribution < 1.29 is 0 Å². The second-order valence-electron chi connectivity index (χ2n) is 9.02. The van der Waals surface area contributed by atoms with E-state index in [1.54, 1.807) is 0 Å². The minimum absolute atomic E-state index is 0.360. The Balaban J connectivity index is 1.68. The monoisotopic (exact) mass is 464 g/mol. The molecule has 0 saturated heterocycles. The molecule has 4 aromatic carbocycles. The van der Waals surface area contributed by atoms with E-state index < -0.39 is 0 Å². The fraction of sp³-hybridized carbons (Fsp3) is 0.226. The van der Waals surface area contributed by atoms with E-state index >= 15 is 0 Å². The lowest BCUT2D eigenvalue weighted by atomic mass is 10.1. The molecule has 2 nitrogen and oxygen atoms in total. The minimum Gasteiger partial charge on any atom is -0.279 e. The smallest absolute Gasteiger partial charge is 0.0631 e. The van der Waals surface area contributed by atoms with Crippen LogP contribution in [0.1, 0.15) is 28.7 Å². The lowest BCUT2D eigenvalue weighted by molar-refractivity contribution is 0.0154. The molecule has 174 valence electrons. The van der Waals surface area contributed by atoms with Gasteiger partial charge in [-0.2, -0.15) is 0 Å². The third-order valence-electron chi connectivity index (χ3n) is 6.30. The molecule has 3 heteroatoms. The fourth-order valence-corrected chi connectivity index (χ4v) is 5.18. The molecule has 0 heterocycles. The SMILES string of the molecule is [SiH3]CCC(N(Cc1ccccc1)Cc1ccccc1)N(Cc1ccccc1)Cc1ccccc1. The van der Waals surface area contributed by atoms with Crippen LogP contribution in [0.5, 0.6) is 0 Å². The van der Waals surface area contributed by atoms with E-state index in [1.165, 1.54) is 45.0 Å². The second-order valence-corrected chi connectivity index (χ2v) is 10.0. The van der Waals surface area contributed by atoms with Gasteiger partial charge in [0.05, 0.1) is 6.17 Å². The normalized spacial score (nSPS) is 11.5. The highest BCUT2D eigenvalue weighted by Crippen LogP contribution is 2.23. The van der Waals surface area contributed by atoms with Gasteiger partial charge in [-0.1, -0.05) is 127 Å². The summed E-state index contributed by atoms with van der Waals surface area (Å²) in [6.45, 7) is 3.79. The van der Waals surface area contributed by atoms with Crippen molar-refractivity contribution in [3.05, 3.63) is 144 Å². The summed E-state index contributed by atoms with van der Waals surface area (Å²) >= 11 is 0. The summed E-state index contributed by atoms with van der Waals surface area (Å²) in [5, 5.41) is 0. The Morgan fingerprint density at radius 1 is 0.441 bits per heavy atom. The van der Waals surface area contributed by atoms with Gasteiger partial charge in [0.1, 0.15) is 0 Å². The van der Waals surface area contributed by atoms with Crippen LogP contribution in [0.3, 0.4) is 0 Å². The zero-order valence-corrected chi connectivity index (χ0v) is 22.3. The molecule has 0 fully saturated rings. The highest BCUT2D eigenvalue weighted by atomic mass is 28.1. The lowest BCUT2D eigenvalue weighted by Gasteiger charge is -2.40. The van der Waals surface area contributed by atoms with Crippen molar-refractivity contribution in [2.24, 2.45) is 0 Å². The topological polar surface area (TPSA) is 6.48 Å². The molecule has 0 atom stereocenters. The van der Waals surface area contributed by atoms with Gasteiger partial charge in [-0.05, 0) is 28.7 Å². The number of rotatable bonds is 12. The Morgan fingerprint density at radius 2 is 0.706 bits per heavy atom. The molecule has 4 rings (SSSR count). The van der Waals surface area contributed by atoms with Gasteiger partial charge >= 0.3 is 0 Å². The molecule has 0 aliphatic rings. The summed E-state index contributed by atoms with van der Waals surface area (Å²) in [4.78, 5) is 5.38. The van der Waals surface area contributed by atoms with Crippen molar-refractivity contribution in [2.45, 2.75) is 44.8 Å². The molecular weight excluding hydrogens is 428 g/mol. The second kappa shape index (κ2) is 13.0. The molecule has 0 amide bonds. The molecule has 0 aliphatic carbocycles. The Morgan fingerprint density at radius 3 is 0.941 bits per heavy atom. The van der Waals surface area contributed by atoms with Gasteiger partial charge in [-0.3, -0.25) is 9.80 Å². The molecule has 0 radical (unpaired) electrons. The molecule has 0 aliphatic heterocycles. The highest BCUT2D eigenvalue weighted by molar-refractivity contribution is 6.08. The average Bonchev–Trinajstić information content (AvgIpc) is 2.89. The zero-order valence-electron chi connectivity index (χ0n) is 20.3. The summed E-state index contributed by atoms with van der Waals surface area (Å²) < 4.78 is 0. The summed E-state index contributed by atoms with van der Waals surface area (Å²) in [7, 11) is 1.22. The van der Waals surface area contributed by atoms with Gasteiger partial charge in [-0.25, -0.2) is 0 Å². The molecule has 0 spiro atoms. The lowest BCUT2D eigenvalue weighted by Crippen LogP contribution is -2.47. The van der Waals surface area contributed by atoms with Crippen LogP contribution < -0.4 is 0 Å². The molecule has 0 saturated carbocycles. The molecule has 34 heavy (non-hydrogen) atoms. The van der Waals surface area contributed by atoms with E-state index in [2.05, 4.69) is 131 Å². The van der Waals surface area contributed by atoms with Gasteiger partial charge < -0.3 is 0 Å². The largest absolute Gasteiger partial charge is 0.279 e. The van der Waals surface area contributed by atoms with Gasteiger partial charge in [-0.15, -0.1) is 0 Å². The summed E-state index contributed by atoms with van der Waals surface area (Å²) in [5.74, 6) is 0. The molecular formula is C31H36N2Si. The van der Waals surface area contributed by atoms with Crippen molar-refractivity contribution >= 4 is 10.2 Å². The fourth-order valence-electron chi connectivity index (χ4n) is 4.66. The molecule has 0 bridgehead atoms. The van der Waals surface area contributed by atoms with Crippen LogP contribution in [0.2, 0.25) is 6.04 Å². The first-order valence-corrected chi connectivity index (χ1v) is 13.9. The maximum Gasteiger partial charge on any atom is 0.0631 e. The first-order chi connectivity index (χ1) is 16.8. The minimum atomic E-state index is 0.360. The Kier molecular flexibility index (Phi) is 9.27. The highest BCUT2D eigenvalue weighted by Gasteiger charge is 2.25. The number of hydrogen-bond acceptors (Lipinski definition) is 2. The summed E-state index contributed by atoms with van der Waals surface area (Å²) in [5.41, 5.74) is 5.49. The Hall–Kier alpha value is -2.98. The Labute approximate surface area is 208 Å². The van der Waals surface area contributed by atoms with Crippen LogP contribution in [-0.2, 0) is 26.2 Å². The van der Waals surface area contributed by atoms with Gasteiger partial charge in [0.2, 0.25) is 0 Å². The van der Waals surface area contributed by atoms with Crippen LogP contribution in [0, 0.1) is 0 Å². The molecule has 4 aromatic rings. The van der Waals surface area contributed by atoms with E-state index in [1.807, 2.05) is 0 Å². The number of benzene rings is 4. The third-order valence-corrected chi connectivity index (χ3v) is 6.88.